The first-order chi connectivity index (χ1) is 19.9. The second-order valence-electron chi connectivity index (χ2n) is 9.90. The summed E-state index contributed by atoms with van der Waals surface area (Å²) in [4.78, 5) is 34.8. The Morgan fingerprint density at radius 2 is 1.68 bits per heavy atom. The predicted molar refractivity (Wildman–Crippen MR) is 159 cm³/mol. The van der Waals surface area contributed by atoms with Crippen LogP contribution in [-0.2, 0) is 9.53 Å². The van der Waals surface area contributed by atoms with Crippen LogP contribution in [0.5, 0.6) is 17.2 Å². The number of ether oxygens (including phenoxy) is 4. The van der Waals surface area contributed by atoms with Gasteiger partial charge < -0.3 is 23.8 Å². The van der Waals surface area contributed by atoms with Crippen molar-refractivity contribution in [3.63, 3.8) is 0 Å². The fourth-order valence-electron chi connectivity index (χ4n) is 5.45. The van der Waals surface area contributed by atoms with Gasteiger partial charge in [-0.15, -0.1) is 0 Å². The average Bonchev–Trinajstić information content (AvgIpc) is 3.30. The first-order valence-corrected chi connectivity index (χ1v) is 14.6. The second-order valence-corrected chi connectivity index (χ2v) is 10.9. The number of hydrogen-bond acceptors (Lipinski definition) is 9. The van der Waals surface area contributed by atoms with Crippen molar-refractivity contribution in [2.45, 2.75) is 39.2 Å². The van der Waals surface area contributed by atoms with Crippen molar-refractivity contribution in [1.29, 1.82) is 0 Å². The number of hydrogen-bond donors (Lipinski definition) is 0. The van der Waals surface area contributed by atoms with Crippen LogP contribution in [0, 0.1) is 0 Å². The maximum absolute atomic E-state index is 14.0. The number of carbonyl (C=O) groups excluding carboxylic acids is 1. The number of allylic oxidation sites excluding steroid dienone is 1. The number of benzene rings is 2. The zero-order chi connectivity index (χ0) is 29.1. The second kappa shape index (κ2) is 12.2. The van der Waals surface area contributed by atoms with Gasteiger partial charge >= 0.3 is 5.97 Å². The molecule has 0 spiro atoms. The minimum atomic E-state index is -0.803. The van der Waals surface area contributed by atoms with E-state index in [1.807, 2.05) is 18.2 Å². The summed E-state index contributed by atoms with van der Waals surface area (Å²) in [5.74, 6) is 0.707. The van der Waals surface area contributed by atoms with Crippen LogP contribution in [0.3, 0.4) is 0 Å². The first-order valence-electron chi connectivity index (χ1n) is 13.7. The molecule has 3 aromatic rings. The van der Waals surface area contributed by atoms with E-state index in [0.29, 0.717) is 37.8 Å². The summed E-state index contributed by atoms with van der Waals surface area (Å²) in [7, 11) is 4.57. The van der Waals surface area contributed by atoms with Crippen molar-refractivity contribution in [3.8, 4) is 17.2 Å². The number of nitrogens with zero attached hydrogens (tertiary/aromatic N) is 3. The van der Waals surface area contributed by atoms with Crippen LogP contribution < -0.4 is 34.0 Å². The van der Waals surface area contributed by atoms with Gasteiger partial charge in [0.15, 0.2) is 16.3 Å². The Morgan fingerprint density at radius 3 is 2.27 bits per heavy atom. The molecule has 0 N–H and O–H groups in total. The Hall–Kier alpha value is -4.05. The van der Waals surface area contributed by atoms with E-state index in [2.05, 4.69) is 22.0 Å². The Kier molecular flexibility index (Phi) is 8.49. The van der Waals surface area contributed by atoms with E-state index in [1.165, 1.54) is 57.6 Å². The normalized spacial score (nSPS) is 17.1. The van der Waals surface area contributed by atoms with Crippen LogP contribution in [-0.4, -0.2) is 51.6 Å². The van der Waals surface area contributed by atoms with E-state index < -0.39 is 12.0 Å². The van der Waals surface area contributed by atoms with E-state index >= 15 is 0 Å². The van der Waals surface area contributed by atoms with E-state index in [-0.39, 0.29) is 17.7 Å². The fourth-order valence-corrected chi connectivity index (χ4v) is 6.50. The quantitative estimate of drug-likeness (QED) is 0.376. The zero-order valence-electron chi connectivity index (χ0n) is 24.1. The van der Waals surface area contributed by atoms with Crippen LogP contribution in [0.25, 0.3) is 6.08 Å². The molecule has 10 heteroatoms. The summed E-state index contributed by atoms with van der Waals surface area (Å²) >= 11 is 1.29. The van der Waals surface area contributed by atoms with Crippen LogP contribution in [0.1, 0.15) is 50.3 Å². The number of rotatable bonds is 8. The van der Waals surface area contributed by atoms with Gasteiger partial charge in [-0.2, -0.15) is 0 Å². The number of carbonyl (C=O) groups is 1. The van der Waals surface area contributed by atoms with Crippen molar-refractivity contribution < 1.29 is 23.7 Å². The van der Waals surface area contributed by atoms with Gasteiger partial charge in [-0.25, -0.2) is 9.79 Å². The van der Waals surface area contributed by atoms with Gasteiger partial charge in [0, 0.05) is 18.8 Å². The molecule has 1 atom stereocenters. The highest BCUT2D eigenvalue weighted by Crippen LogP contribution is 2.42. The highest BCUT2D eigenvalue weighted by Gasteiger charge is 2.34. The van der Waals surface area contributed by atoms with Gasteiger partial charge in [-0.1, -0.05) is 23.5 Å². The molecule has 216 valence electrons. The van der Waals surface area contributed by atoms with Gasteiger partial charge in [0.1, 0.15) is 0 Å². The SMILES string of the molecule is CCOC(=O)C1=C(C)N=c2s/c(=C/c3ccc(N4CCCCC4)cc3)c(=O)n2[C@@H]1c1cc(OC)c(OC)c(OC)c1. The van der Waals surface area contributed by atoms with Crippen molar-refractivity contribution in [3.05, 3.63) is 78.5 Å². The van der Waals surface area contributed by atoms with Crippen LogP contribution >= 0.6 is 11.3 Å². The van der Waals surface area contributed by atoms with E-state index in [9.17, 15) is 9.59 Å². The Bertz CT molecular complexity index is 1620. The molecule has 5 rings (SSSR count). The molecule has 0 radical (unpaired) electrons. The van der Waals surface area contributed by atoms with Crippen LogP contribution in [0.2, 0.25) is 0 Å². The summed E-state index contributed by atoms with van der Waals surface area (Å²) in [6.45, 7) is 5.83. The molecular formula is C31H35N3O6S. The number of thiazole rings is 1. The number of anilines is 1. The maximum Gasteiger partial charge on any atom is 0.338 e. The molecule has 9 nitrogen and oxygen atoms in total. The lowest BCUT2D eigenvalue weighted by Gasteiger charge is -2.28. The number of methoxy groups -OCH3 is 3. The lowest BCUT2D eigenvalue weighted by Crippen LogP contribution is -2.40. The van der Waals surface area contributed by atoms with Gasteiger partial charge in [-0.3, -0.25) is 9.36 Å². The standard InChI is InChI=1S/C31H35N3O6S/c1-6-40-30(36)26-19(2)32-31-34(27(26)21-17-23(37-3)28(39-5)24(18-21)38-4)29(35)25(41-31)16-20-10-12-22(13-11-20)33-14-8-7-9-15-33/h10-13,16-18,27H,6-9,14-15H2,1-5H3/b25-16+/t27-/m1/s1. The van der Waals surface area contributed by atoms with Crippen LogP contribution in [0.4, 0.5) is 5.69 Å². The molecule has 1 fully saturated rings. The van der Waals surface area contributed by atoms with E-state index in [1.54, 1.807) is 30.5 Å². The molecule has 0 unspecified atom stereocenters. The first kappa shape index (κ1) is 28.5. The molecule has 1 saturated heterocycles. The summed E-state index contributed by atoms with van der Waals surface area (Å²) in [6.07, 6.45) is 5.58. The van der Waals surface area contributed by atoms with Crippen LogP contribution in [0.15, 0.2) is 57.5 Å². The fraction of sp³-hybridized carbons (Fsp3) is 0.387. The smallest absolute Gasteiger partial charge is 0.338 e. The van der Waals surface area contributed by atoms with Crippen molar-refractivity contribution in [1.82, 2.24) is 4.57 Å². The number of esters is 1. The lowest BCUT2D eigenvalue weighted by atomic mass is 9.95. The zero-order valence-corrected chi connectivity index (χ0v) is 24.9. The van der Waals surface area contributed by atoms with E-state index in [0.717, 1.165) is 18.7 Å². The summed E-state index contributed by atoms with van der Waals surface area (Å²) < 4.78 is 24.1. The lowest BCUT2D eigenvalue weighted by molar-refractivity contribution is -0.139. The Balaban J connectivity index is 1.64. The number of fused-ring (bicyclic) bond motifs is 1. The molecular weight excluding hydrogens is 542 g/mol. The summed E-state index contributed by atoms with van der Waals surface area (Å²) in [6, 6.07) is 11.0. The molecule has 2 aromatic carbocycles. The Labute approximate surface area is 242 Å². The summed E-state index contributed by atoms with van der Waals surface area (Å²) in [5, 5.41) is 0. The third kappa shape index (κ3) is 5.48. The van der Waals surface area contributed by atoms with Crippen molar-refractivity contribution in [2.24, 2.45) is 4.99 Å². The molecule has 2 aliphatic heterocycles. The topological polar surface area (TPSA) is 91.6 Å². The number of aromatic nitrogens is 1. The molecule has 2 aliphatic rings. The minimum absolute atomic E-state index is 0.190. The Morgan fingerprint density at radius 1 is 1.02 bits per heavy atom. The molecule has 0 amide bonds. The number of piperidine rings is 1. The molecule has 1 aromatic heterocycles. The third-order valence-electron chi connectivity index (χ3n) is 7.43. The maximum atomic E-state index is 14.0. The van der Waals surface area contributed by atoms with Gasteiger partial charge in [0.05, 0.1) is 49.8 Å². The molecule has 0 aliphatic carbocycles. The van der Waals surface area contributed by atoms with Gasteiger partial charge in [0.2, 0.25) is 5.75 Å². The predicted octanol–water partition coefficient (Wildman–Crippen LogP) is 3.81. The van der Waals surface area contributed by atoms with Crippen molar-refractivity contribution >= 4 is 29.1 Å². The molecule has 0 saturated carbocycles. The monoisotopic (exact) mass is 577 g/mol. The van der Waals surface area contributed by atoms with E-state index in [4.69, 9.17) is 18.9 Å². The highest BCUT2D eigenvalue weighted by atomic mass is 32.1. The summed E-state index contributed by atoms with van der Waals surface area (Å²) in [5.41, 5.74) is 3.24. The largest absolute Gasteiger partial charge is 0.493 e. The molecule has 3 heterocycles. The molecule has 41 heavy (non-hydrogen) atoms. The van der Waals surface area contributed by atoms with Crippen molar-refractivity contribution in [2.75, 3.05) is 45.9 Å². The van der Waals surface area contributed by atoms with Gasteiger partial charge in [0.25, 0.3) is 5.56 Å². The third-order valence-corrected chi connectivity index (χ3v) is 8.41. The molecule has 0 bridgehead atoms. The average molecular weight is 578 g/mol. The minimum Gasteiger partial charge on any atom is -0.493 e. The highest BCUT2D eigenvalue weighted by molar-refractivity contribution is 7.07. The van der Waals surface area contributed by atoms with Gasteiger partial charge in [-0.05, 0) is 74.6 Å².